The van der Waals surface area contributed by atoms with E-state index >= 15 is 0 Å². The normalized spacial score (nSPS) is 13.7. The molecule has 6 rings (SSSR count). The summed E-state index contributed by atoms with van der Waals surface area (Å²) in [7, 11) is 0. The predicted molar refractivity (Wildman–Crippen MR) is 153 cm³/mol. The minimum atomic E-state index is -0.304. The zero-order valence-electron chi connectivity index (χ0n) is 21.4. The Morgan fingerprint density at radius 1 is 0.897 bits per heavy atom. The summed E-state index contributed by atoms with van der Waals surface area (Å²) in [5.74, 6) is 1.20. The maximum atomic E-state index is 13.7. The summed E-state index contributed by atoms with van der Waals surface area (Å²) in [6.45, 7) is 4.36. The van der Waals surface area contributed by atoms with Crippen molar-refractivity contribution in [2.45, 2.75) is 13.3 Å². The Hall–Kier alpha value is -4.11. The van der Waals surface area contributed by atoms with Crippen LogP contribution in [0.5, 0.6) is 0 Å². The van der Waals surface area contributed by atoms with Gasteiger partial charge in [0.2, 0.25) is 0 Å². The molecule has 7 nitrogen and oxygen atoms in total. The summed E-state index contributed by atoms with van der Waals surface area (Å²) in [6, 6.07) is 23.9. The molecule has 5 aromatic rings. The van der Waals surface area contributed by atoms with E-state index in [1.165, 1.54) is 12.1 Å². The fourth-order valence-corrected chi connectivity index (χ4v) is 5.43. The van der Waals surface area contributed by atoms with Crippen molar-refractivity contribution < 1.29 is 9.18 Å². The Morgan fingerprint density at radius 3 is 2.31 bits per heavy atom. The average molecular weight is 585 g/mol. The highest BCUT2D eigenvalue weighted by Crippen LogP contribution is 2.30. The monoisotopic (exact) mass is 584 g/mol. The van der Waals surface area contributed by atoms with Crippen molar-refractivity contribution in [3.63, 3.8) is 0 Å². The van der Waals surface area contributed by atoms with Crippen LogP contribution in [0.4, 0.5) is 10.2 Å². The van der Waals surface area contributed by atoms with Crippen molar-refractivity contribution in [2.75, 3.05) is 31.1 Å². The van der Waals surface area contributed by atoms with Gasteiger partial charge in [0.25, 0.3) is 5.91 Å². The Morgan fingerprint density at radius 2 is 1.59 bits per heavy atom. The molecule has 1 aliphatic rings. The first kappa shape index (κ1) is 25.2. The molecule has 0 bridgehead atoms. The SMILES string of the molecule is Cc1nn(-c2ccc(F)cc2)c2nc(Cc3ccccc3)nc(N3CCN(C(=O)c4ccccc4Br)CC3)c12. The maximum Gasteiger partial charge on any atom is 0.255 e. The number of rotatable bonds is 5. The molecule has 0 saturated carbocycles. The molecule has 0 unspecified atom stereocenters. The van der Waals surface area contributed by atoms with Crippen molar-refractivity contribution in [1.29, 1.82) is 0 Å². The Bertz CT molecular complexity index is 1650. The number of anilines is 1. The molecule has 3 aromatic carbocycles. The molecule has 1 saturated heterocycles. The van der Waals surface area contributed by atoms with Crippen LogP contribution in [0.1, 0.15) is 27.4 Å². The van der Waals surface area contributed by atoms with Gasteiger partial charge in [0.05, 0.1) is 22.3 Å². The van der Waals surface area contributed by atoms with E-state index in [0.717, 1.165) is 32.6 Å². The van der Waals surface area contributed by atoms with Crippen molar-refractivity contribution in [1.82, 2.24) is 24.6 Å². The number of carbonyl (C=O) groups is 1. The van der Waals surface area contributed by atoms with E-state index in [4.69, 9.17) is 15.1 Å². The van der Waals surface area contributed by atoms with Gasteiger partial charge in [-0.15, -0.1) is 0 Å². The Balaban J connectivity index is 1.37. The molecule has 196 valence electrons. The average Bonchev–Trinajstić information content (AvgIpc) is 3.29. The minimum absolute atomic E-state index is 0.0139. The van der Waals surface area contributed by atoms with E-state index in [2.05, 4.69) is 33.0 Å². The molecule has 0 aliphatic carbocycles. The van der Waals surface area contributed by atoms with Crippen LogP contribution in [0.15, 0.2) is 83.3 Å². The van der Waals surface area contributed by atoms with Crippen LogP contribution < -0.4 is 4.90 Å². The minimum Gasteiger partial charge on any atom is -0.352 e. The first-order valence-corrected chi connectivity index (χ1v) is 13.6. The van der Waals surface area contributed by atoms with E-state index in [0.29, 0.717) is 49.6 Å². The molecule has 1 amide bonds. The molecule has 0 spiro atoms. The fourth-order valence-electron chi connectivity index (χ4n) is 4.98. The molecule has 39 heavy (non-hydrogen) atoms. The van der Waals surface area contributed by atoms with Crippen LogP contribution in [0.3, 0.4) is 0 Å². The lowest BCUT2D eigenvalue weighted by molar-refractivity contribution is 0.0745. The largest absolute Gasteiger partial charge is 0.352 e. The van der Waals surface area contributed by atoms with Crippen molar-refractivity contribution >= 4 is 38.7 Å². The number of nitrogens with zero attached hydrogens (tertiary/aromatic N) is 6. The first-order valence-electron chi connectivity index (χ1n) is 12.8. The van der Waals surface area contributed by atoms with Crippen LogP contribution in [0.25, 0.3) is 16.7 Å². The van der Waals surface area contributed by atoms with Gasteiger partial charge in [-0.25, -0.2) is 19.0 Å². The zero-order chi connectivity index (χ0) is 26.9. The van der Waals surface area contributed by atoms with Gasteiger partial charge in [0, 0.05) is 37.1 Å². The van der Waals surface area contributed by atoms with Crippen LogP contribution in [-0.2, 0) is 6.42 Å². The lowest BCUT2D eigenvalue weighted by atomic mass is 10.1. The van der Waals surface area contributed by atoms with Crippen molar-refractivity contribution in [3.05, 3.63) is 112 Å². The number of benzene rings is 3. The number of piperazine rings is 1. The highest BCUT2D eigenvalue weighted by Gasteiger charge is 2.27. The lowest BCUT2D eigenvalue weighted by Gasteiger charge is -2.36. The number of hydrogen-bond acceptors (Lipinski definition) is 5. The summed E-state index contributed by atoms with van der Waals surface area (Å²) in [5.41, 5.74) is 3.98. The van der Waals surface area contributed by atoms with E-state index in [1.807, 2.05) is 54.3 Å². The number of aromatic nitrogens is 4. The Kier molecular flexibility index (Phi) is 6.83. The van der Waals surface area contributed by atoms with Crippen LogP contribution in [0.2, 0.25) is 0 Å². The summed E-state index contributed by atoms with van der Waals surface area (Å²) in [5, 5.41) is 5.64. The highest BCUT2D eigenvalue weighted by atomic mass is 79.9. The number of halogens is 2. The maximum absolute atomic E-state index is 13.7. The number of fused-ring (bicyclic) bond motifs is 1. The molecular weight excluding hydrogens is 559 g/mol. The molecule has 0 atom stereocenters. The van der Waals surface area contributed by atoms with Crippen molar-refractivity contribution in [2.24, 2.45) is 0 Å². The second-order valence-electron chi connectivity index (χ2n) is 9.56. The molecule has 0 radical (unpaired) electrons. The molecule has 2 aromatic heterocycles. The third kappa shape index (κ3) is 5.02. The lowest BCUT2D eigenvalue weighted by Crippen LogP contribution is -2.49. The van der Waals surface area contributed by atoms with E-state index < -0.39 is 0 Å². The molecule has 0 N–H and O–H groups in total. The smallest absolute Gasteiger partial charge is 0.255 e. The van der Waals surface area contributed by atoms with Gasteiger partial charge < -0.3 is 9.80 Å². The molecule has 3 heterocycles. The summed E-state index contributed by atoms with van der Waals surface area (Å²) < 4.78 is 16.2. The quantitative estimate of drug-likeness (QED) is 0.270. The second-order valence-corrected chi connectivity index (χ2v) is 10.4. The molecule has 1 aliphatic heterocycles. The number of hydrogen-bond donors (Lipinski definition) is 0. The third-order valence-corrected chi connectivity index (χ3v) is 7.67. The topological polar surface area (TPSA) is 67.2 Å². The standard InChI is InChI=1S/C30H26BrFN6O/c1-20-27-28(36-15-17-37(18-16-36)30(39)24-9-5-6-10-25(24)31)33-26(19-21-7-3-2-4-8-21)34-29(27)38(35-20)23-13-11-22(32)12-14-23/h2-14H,15-19H2,1H3. The van der Waals surface area contributed by atoms with Gasteiger partial charge in [-0.3, -0.25) is 4.79 Å². The van der Waals surface area contributed by atoms with Gasteiger partial charge in [0.1, 0.15) is 17.5 Å². The van der Waals surface area contributed by atoms with Crippen molar-refractivity contribution in [3.8, 4) is 5.69 Å². The molecule has 9 heteroatoms. The van der Waals surface area contributed by atoms with Crippen LogP contribution in [-0.4, -0.2) is 56.7 Å². The number of carbonyl (C=O) groups excluding carboxylic acids is 1. The molecular formula is C30H26BrFN6O. The summed E-state index contributed by atoms with van der Waals surface area (Å²) >= 11 is 3.50. The first-order chi connectivity index (χ1) is 19.0. The summed E-state index contributed by atoms with van der Waals surface area (Å²) in [4.78, 5) is 27.3. The van der Waals surface area contributed by atoms with Gasteiger partial charge in [-0.05, 0) is 64.8 Å². The Labute approximate surface area is 234 Å². The number of amides is 1. The van der Waals surface area contributed by atoms with Crippen LogP contribution >= 0.6 is 15.9 Å². The van der Waals surface area contributed by atoms with E-state index in [9.17, 15) is 9.18 Å². The van der Waals surface area contributed by atoms with Gasteiger partial charge in [-0.2, -0.15) is 5.10 Å². The fraction of sp³-hybridized carbons (Fsp3) is 0.200. The van der Waals surface area contributed by atoms with Gasteiger partial charge in [-0.1, -0.05) is 42.5 Å². The van der Waals surface area contributed by atoms with Crippen LogP contribution in [0, 0.1) is 12.7 Å². The van der Waals surface area contributed by atoms with Gasteiger partial charge >= 0.3 is 0 Å². The van der Waals surface area contributed by atoms with E-state index in [1.54, 1.807) is 16.8 Å². The third-order valence-electron chi connectivity index (χ3n) is 6.98. The van der Waals surface area contributed by atoms with Gasteiger partial charge in [0.15, 0.2) is 5.65 Å². The second kappa shape index (κ2) is 10.6. The highest BCUT2D eigenvalue weighted by molar-refractivity contribution is 9.10. The zero-order valence-corrected chi connectivity index (χ0v) is 23.0. The predicted octanol–water partition coefficient (Wildman–Crippen LogP) is 5.58. The molecule has 1 fully saturated rings. The number of aryl methyl sites for hydroxylation is 1. The van der Waals surface area contributed by atoms with E-state index in [-0.39, 0.29) is 11.7 Å². The summed E-state index contributed by atoms with van der Waals surface area (Å²) in [6.07, 6.45) is 0.567.